The number of aromatic nitrogens is 4. The molecule has 0 unspecified atom stereocenters. The fourth-order valence-corrected chi connectivity index (χ4v) is 3.92. The fraction of sp³-hybridized carbons (Fsp3) is 0.562. The summed E-state index contributed by atoms with van der Waals surface area (Å²) < 4.78 is 4.15. The van der Waals surface area contributed by atoms with E-state index in [1.165, 1.54) is 17.7 Å². The second kappa shape index (κ2) is 5.34. The predicted octanol–water partition coefficient (Wildman–Crippen LogP) is 0.612. The standard InChI is InChI=1S/C16H21N7O/c24-16-17-3-5-21(16)13-7-19-23(11-13)14-9-20(10-14)8-12-6-18-22-4-1-2-15(12)22/h6-7,11,14H,1-5,8-10H2,(H,17,24). The van der Waals surface area contributed by atoms with Crippen molar-refractivity contribution in [3.8, 4) is 0 Å². The molecule has 2 saturated heterocycles. The van der Waals surface area contributed by atoms with E-state index >= 15 is 0 Å². The lowest BCUT2D eigenvalue weighted by Gasteiger charge is -2.39. The molecule has 2 aromatic heterocycles. The average Bonchev–Trinajstić information content (AvgIpc) is 3.27. The number of nitrogens with one attached hydrogen (secondary N) is 1. The molecule has 8 heteroatoms. The van der Waals surface area contributed by atoms with Gasteiger partial charge in [0.05, 0.1) is 24.1 Å². The van der Waals surface area contributed by atoms with Crippen LogP contribution in [0.4, 0.5) is 10.5 Å². The van der Waals surface area contributed by atoms with Crippen LogP contribution in [0.5, 0.6) is 0 Å². The number of fused-ring (bicyclic) bond motifs is 1. The highest BCUT2D eigenvalue weighted by Gasteiger charge is 2.31. The van der Waals surface area contributed by atoms with E-state index in [4.69, 9.17) is 0 Å². The number of rotatable bonds is 4. The van der Waals surface area contributed by atoms with Gasteiger partial charge in [0.2, 0.25) is 0 Å². The van der Waals surface area contributed by atoms with Crippen LogP contribution in [0.25, 0.3) is 0 Å². The Balaban J connectivity index is 1.21. The van der Waals surface area contributed by atoms with E-state index in [0.717, 1.165) is 38.3 Å². The smallest absolute Gasteiger partial charge is 0.322 e. The van der Waals surface area contributed by atoms with Gasteiger partial charge in [-0.05, 0) is 12.8 Å². The van der Waals surface area contributed by atoms with Crippen molar-refractivity contribution in [2.75, 3.05) is 31.1 Å². The maximum Gasteiger partial charge on any atom is 0.322 e. The number of likely N-dealkylation sites (tertiary alicyclic amines) is 1. The number of hydrogen-bond donors (Lipinski definition) is 1. The minimum atomic E-state index is -0.0279. The largest absolute Gasteiger partial charge is 0.336 e. The van der Waals surface area contributed by atoms with Crippen LogP contribution >= 0.6 is 0 Å². The van der Waals surface area contributed by atoms with Crippen molar-refractivity contribution < 1.29 is 4.79 Å². The average molecular weight is 327 g/mol. The van der Waals surface area contributed by atoms with Crippen LogP contribution in [0.1, 0.15) is 23.7 Å². The topological polar surface area (TPSA) is 71.2 Å². The first-order valence-corrected chi connectivity index (χ1v) is 8.63. The van der Waals surface area contributed by atoms with Crippen LogP contribution in [-0.4, -0.2) is 56.7 Å². The summed E-state index contributed by atoms with van der Waals surface area (Å²) in [6.45, 7) is 5.47. The maximum absolute atomic E-state index is 11.7. The summed E-state index contributed by atoms with van der Waals surface area (Å²) >= 11 is 0. The molecule has 2 fully saturated rings. The van der Waals surface area contributed by atoms with Crippen molar-refractivity contribution in [1.29, 1.82) is 0 Å². The number of aryl methyl sites for hydroxylation is 1. The number of urea groups is 1. The molecule has 3 aliphatic rings. The highest BCUT2D eigenvalue weighted by Crippen LogP contribution is 2.27. The second-order valence-corrected chi connectivity index (χ2v) is 6.85. The van der Waals surface area contributed by atoms with Gasteiger partial charge in [-0.3, -0.25) is 19.2 Å². The normalized spacial score (nSPS) is 21.2. The van der Waals surface area contributed by atoms with Crippen LogP contribution in [-0.2, 0) is 19.5 Å². The first-order valence-electron chi connectivity index (χ1n) is 8.63. The number of carbonyl (C=O) groups excluding carboxylic acids is 1. The first-order chi connectivity index (χ1) is 11.8. The molecule has 8 nitrogen and oxygen atoms in total. The van der Waals surface area contributed by atoms with Crippen molar-refractivity contribution in [2.24, 2.45) is 0 Å². The zero-order chi connectivity index (χ0) is 16.1. The lowest BCUT2D eigenvalue weighted by atomic mass is 10.1. The summed E-state index contributed by atoms with van der Waals surface area (Å²) in [7, 11) is 0. The SMILES string of the molecule is O=C1NCCN1c1cnn(C2CN(Cc3cnn4c3CCC4)C2)c1. The van der Waals surface area contributed by atoms with E-state index in [9.17, 15) is 4.79 Å². The summed E-state index contributed by atoms with van der Waals surface area (Å²) in [4.78, 5) is 15.9. The summed E-state index contributed by atoms with van der Waals surface area (Å²) in [5.41, 5.74) is 3.68. The molecule has 5 heterocycles. The Bertz CT molecular complexity index is 773. The molecule has 0 bridgehead atoms. The lowest BCUT2D eigenvalue weighted by molar-refractivity contribution is 0.0906. The van der Waals surface area contributed by atoms with Gasteiger partial charge in [-0.2, -0.15) is 10.2 Å². The van der Waals surface area contributed by atoms with Gasteiger partial charge in [0, 0.05) is 56.7 Å². The number of nitrogens with zero attached hydrogens (tertiary/aromatic N) is 6. The van der Waals surface area contributed by atoms with Crippen molar-refractivity contribution in [1.82, 2.24) is 29.8 Å². The summed E-state index contributed by atoms with van der Waals surface area (Å²) in [6, 6.07) is 0.368. The van der Waals surface area contributed by atoms with Crippen LogP contribution in [0.15, 0.2) is 18.6 Å². The number of hydrogen-bond acceptors (Lipinski definition) is 4. The van der Waals surface area contributed by atoms with E-state index < -0.39 is 0 Å². The molecule has 1 N–H and O–H groups in total. The van der Waals surface area contributed by atoms with Crippen LogP contribution in [0, 0.1) is 0 Å². The molecule has 126 valence electrons. The molecule has 2 aromatic rings. The lowest BCUT2D eigenvalue weighted by Crippen LogP contribution is -2.47. The Labute approximate surface area is 140 Å². The van der Waals surface area contributed by atoms with Crippen LogP contribution < -0.4 is 10.2 Å². The van der Waals surface area contributed by atoms with E-state index in [1.807, 2.05) is 17.1 Å². The Kier molecular flexibility index (Phi) is 3.12. The molecule has 0 spiro atoms. The van der Waals surface area contributed by atoms with E-state index in [1.54, 1.807) is 11.1 Å². The molecule has 5 rings (SSSR count). The monoisotopic (exact) mass is 327 g/mol. The second-order valence-electron chi connectivity index (χ2n) is 6.85. The summed E-state index contributed by atoms with van der Waals surface area (Å²) in [6.07, 6.45) is 8.19. The molecule has 0 atom stereocenters. The van der Waals surface area contributed by atoms with E-state index in [0.29, 0.717) is 19.1 Å². The summed E-state index contributed by atoms with van der Waals surface area (Å²) in [5, 5.41) is 11.7. The molecule has 0 aromatic carbocycles. The third-order valence-electron chi connectivity index (χ3n) is 5.28. The zero-order valence-corrected chi connectivity index (χ0v) is 13.6. The Morgan fingerprint density at radius 1 is 1.21 bits per heavy atom. The molecule has 0 radical (unpaired) electrons. The Morgan fingerprint density at radius 3 is 2.96 bits per heavy atom. The van der Waals surface area contributed by atoms with E-state index in [-0.39, 0.29) is 6.03 Å². The van der Waals surface area contributed by atoms with E-state index in [2.05, 4.69) is 25.1 Å². The van der Waals surface area contributed by atoms with Crippen molar-refractivity contribution in [2.45, 2.75) is 32.0 Å². The fourth-order valence-electron chi connectivity index (χ4n) is 3.92. The van der Waals surface area contributed by atoms with Gasteiger partial charge in [-0.25, -0.2) is 4.79 Å². The minimum absolute atomic E-state index is 0.0279. The van der Waals surface area contributed by atoms with Crippen molar-refractivity contribution in [3.63, 3.8) is 0 Å². The number of carbonyl (C=O) groups is 1. The molecule has 24 heavy (non-hydrogen) atoms. The van der Waals surface area contributed by atoms with Gasteiger partial charge >= 0.3 is 6.03 Å². The molecule has 0 aliphatic carbocycles. The first kappa shape index (κ1) is 14.0. The van der Waals surface area contributed by atoms with Crippen LogP contribution in [0.3, 0.4) is 0 Å². The Hall–Kier alpha value is -2.35. The number of amides is 2. The molecular formula is C16H21N7O. The quantitative estimate of drug-likeness (QED) is 0.893. The Morgan fingerprint density at radius 2 is 2.12 bits per heavy atom. The molecule has 3 aliphatic heterocycles. The van der Waals surface area contributed by atoms with Crippen molar-refractivity contribution >= 4 is 11.7 Å². The molecular weight excluding hydrogens is 306 g/mol. The van der Waals surface area contributed by atoms with Crippen molar-refractivity contribution in [3.05, 3.63) is 29.8 Å². The zero-order valence-electron chi connectivity index (χ0n) is 13.6. The maximum atomic E-state index is 11.7. The summed E-state index contributed by atoms with van der Waals surface area (Å²) in [5.74, 6) is 0. The molecule has 0 saturated carbocycles. The van der Waals surface area contributed by atoms with Gasteiger partial charge in [0.25, 0.3) is 0 Å². The minimum Gasteiger partial charge on any atom is -0.336 e. The molecule has 2 amide bonds. The van der Waals surface area contributed by atoms with Gasteiger partial charge in [0.15, 0.2) is 0 Å². The highest BCUT2D eigenvalue weighted by atomic mass is 16.2. The van der Waals surface area contributed by atoms with Gasteiger partial charge in [-0.15, -0.1) is 0 Å². The van der Waals surface area contributed by atoms with Gasteiger partial charge in [-0.1, -0.05) is 0 Å². The third kappa shape index (κ3) is 2.21. The number of anilines is 1. The highest BCUT2D eigenvalue weighted by molar-refractivity contribution is 5.93. The third-order valence-corrected chi connectivity index (χ3v) is 5.28. The van der Waals surface area contributed by atoms with Gasteiger partial charge in [0.1, 0.15) is 0 Å². The van der Waals surface area contributed by atoms with Gasteiger partial charge < -0.3 is 5.32 Å². The van der Waals surface area contributed by atoms with Crippen LogP contribution in [0.2, 0.25) is 0 Å². The predicted molar refractivity (Wildman–Crippen MR) is 87.8 cm³/mol.